The molecule has 0 saturated carbocycles. The minimum absolute atomic E-state index is 0.0669. The summed E-state index contributed by atoms with van der Waals surface area (Å²) in [6.07, 6.45) is 1.25. The topological polar surface area (TPSA) is 20.3 Å². The molecular formula is C12H16BNO. The second-order valence-corrected chi connectivity index (χ2v) is 3.78. The van der Waals surface area contributed by atoms with Crippen LogP contribution < -0.4 is 5.46 Å². The summed E-state index contributed by atoms with van der Waals surface area (Å²) in [5, 5.41) is 0. The first-order chi connectivity index (χ1) is 7.10. The smallest absolute Gasteiger partial charge is 0.254 e. The van der Waals surface area contributed by atoms with Crippen molar-refractivity contribution in [3.8, 4) is 0 Å². The van der Waals surface area contributed by atoms with Gasteiger partial charge in [0.25, 0.3) is 5.91 Å². The Hall–Kier alpha value is -1.25. The maximum Gasteiger partial charge on any atom is 0.254 e. The minimum Gasteiger partial charge on any atom is -0.337 e. The van der Waals surface area contributed by atoms with Crippen molar-refractivity contribution in [3.63, 3.8) is 0 Å². The number of fused-ring (bicyclic) bond motifs is 1. The van der Waals surface area contributed by atoms with E-state index in [2.05, 4.69) is 13.8 Å². The van der Waals surface area contributed by atoms with Gasteiger partial charge in [0.15, 0.2) is 0 Å². The molecule has 15 heavy (non-hydrogen) atoms. The van der Waals surface area contributed by atoms with Crippen LogP contribution in [0.25, 0.3) is 0 Å². The molecule has 1 amide bonds. The van der Waals surface area contributed by atoms with E-state index in [4.69, 9.17) is 7.85 Å². The Morgan fingerprint density at radius 3 is 2.60 bits per heavy atom. The van der Waals surface area contributed by atoms with Crippen molar-refractivity contribution in [1.82, 2.24) is 4.90 Å². The third-order valence-electron chi connectivity index (χ3n) is 2.12. The molecule has 0 unspecified atom stereocenters. The summed E-state index contributed by atoms with van der Waals surface area (Å²) in [5.74, 6) is 0.0669. The summed E-state index contributed by atoms with van der Waals surface area (Å²) in [5.41, 5.74) is 2.46. The van der Waals surface area contributed by atoms with Crippen molar-refractivity contribution < 1.29 is 4.79 Å². The largest absolute Gasteiger partial charge is 0.337 e. The van der Waals surface area contributed by atoms with Crippen LogP contribution in [0.15, 0.2) is 18.2 Å². The quantitative estimate of drug-likeness (QED) is 0.582. The average Bonchev–Trinajstić information content (AvgIpc) is 2.46. The summed E-state index contributed by atoms with van der Waals surface area (Å²) in [4.78, 5) is 13.1. The van der Waals surface area contributed by atoms with Crippen molar-refractivity contribution in [1.29, 1.82) is 0 Å². The first-order valence-corrected chi connectivity index (χ1v) is 5.24. The zero-order chi connectivity index (χ0) is 11.4. The molecule has 0 fully saturated rings. The molecule has 1 aliphatic heterocycles. The highest BCUT2D eigenvalue weighted by Gasteiger charge is 2.23. The van der Waals surface area contributed by atoms with E-state index in [-0.39, 0.29) is 5.91 Å². The first kappa shape index (κ1) is 11.8. The van der Waals surface area contributed by atoms with Gasteiger partial charge in [-0.15, -0.1) is 0 Å². The Morgan fingerprint density at radius 2 is 2.00 bits per heavy atom. The van der Waals surface area contributed by atoms with Crippen LogP contribution >= 0.6 is 0 Å². The van der Waals surface area contributed by atoms with E-state index in [1.807, 2.05) is 12.1 Å². The molecule has 3 heteroatoms. The molecule has 1 heterocycles. The highest BCUT2D eigenvalue weighted by molar-refractivity contribution is 6.32. The van der Waals surface area contributed by atoms with Crippen molar-refractivity contribution >= 4 is 19.2 Å². The SMILES string of the molecule is CCC.[B]c1ccc2c(c1)C(=O)N(C)C2. The molecule has 0 saturated heterocycles. The number of hydrogen-bond donors (Lipinski definition) is 0. The molecule has 1 aliphatic rings. The van der Waals surface area contributed by atoms with E-state index in [0.717, 1.165) is 11.1 Å². The van der Waals surface area contributed by atoms with E-state index < -0.39 is 0 Å². The Labute approximate surface area is 92.7 Å². The fourth-order valence-electron chi connectivity index (χ4n) is 1.46. The van der Waals surface area contributed by atoms with Crippen LogP contribution in [-0.2, 0) is 6.54 Å². The molecule has 0 spiro atoms. The predicted molar refractivity (Wildman–Crippen MR) is 63.6 cm³/mol. The van der Waals surface area contributed by atoms with Crippen molar-refractivity contribution in [2.75, 3.05) is 7.05 Å². The predicted octanol–water partition coefficient (Wildman–Crippen LogP) is 1.48. The molecule has 2 nitrogen and oxygen atoms in total. The summed E-state index contributed by atoms with van der Waals surface area (Å²) >= 11 is 0. The normalized spacial score (nSPS) is 13.3. The second kappa shape index (κ2) is 5.01. The average molecular weight is 201 g/mol. The van der Waals surface area contributed by atoms with Gasteiger partial charge in [-0.3, -0.25) is 4.79 Å². The van der Waals surface area contributed by atoms with E-state index in [9.17, 15) is 4.79 Å². The van der Waals surface area contributed by atoms with Gasteiger partial charge in [-0.25, -0.2) is 0 Å². The van der Waals surface area contributed by atoms with Gasteiger partial charge in [-0.05, 0) is 5.56 Å². The van der Waals surface area contributed by atoms with Crippen LogP contribution in [-0.4, -0.2) is 25.7 Å². The Morgan fingerprint density at radius 1 is 1.40 bits per heavy atom. The number of carbonyl (C=O) groups excluding carboxylic acids is 1. The lowest BCUT2D eigenvalue weighted by Crippen LogP contribution is -2.18. The molecule has 0 aliphatic carbocycles. The number of nitrogens with zero attached hydrogens (tertiary/aromatic N) is 1. The Kier molecular flexibility index (Phi) is 3.95. The molecule has 0 bridgehead atoms. The molecule has 1 aromatic carbocycles. The van der Waals surface area contributed by atoms with Gasteiger partial charge >= 0.3 is 0 Å². The van der Waals surface area contributed by atoms with E-state index in [1.54, 1.807) is 18.0 Å². The van der Waals surface area contributed by atoms with Gasteiger partial charge in [0.2, 0.25) is 0 Å². The van der Waals surface area contributed by atoms with Crippen LogP contribution in [0.2, 0.25) is 0 Å². The summed E-state index contributed by atoms with van der Waals surface area (Å²) in [6, 6.07) is 5.47. The number of carbonyl (C=O) groups is 1. The third-order valence-corrected chi connectivity index (χ3v) is 2.12. The maximum atomic E-state index is 11.4. The first-order valence-electron chi connectivity index (χ1n) is 5.24. The Balaban J connectivity index is 0.000000337. The highest BCUT2D eigenvalue weighted by Crippen LogP contribution is 2.19. The molecular weight excluding hydrogens is 185 g/mol. The van der Waals surface area contributed by atoms with Crippen LogP contribution in [0.1, 0.15) is 36.2 Å². The highest BCUT2D eigenvalue weighted by atomic mass is 16.2. The van der Waals surface area contributed by atoms with E-state index >= 15 is 0 Å². The summed E-state index contributed by atoms with van der Waals surface area (Å²) in [6.45, 7) is 4.95. The van der Waals surface area contributed by atoms with Crippen LogP contribution in [0.5, 0.6) is 0 Å². The monoisotopic (exact) mass is 201 g/mol. The van der Waals surface area contributed by atoms with Gasteiger partial charge in [-0.2, -0.15) is 0 Å². The minimum atomic E-state index is 0.0669. The number of hydrogen-bond acceptors (Lipinski definition) is 1. The van der Waals surface area contributed by atoms with Crippen LogP contribution in [0.4, 0.5) is 0 Å². The molecule has 1 aromatic rings. The van der Waals surface area contributed by atoms with E-state index in [1.165, 1.54) is 6.42 Å². The Bertz CT molecular complexity index is 363. The fraction of sp³-hybridized carbons (Fsp3) is 0.417. The molecule has 2 rings (SSSR count). The second-order valence-electron chi connectivity index (χ2n) is 3.78. The third kappa shape index (κ3) is 2.61. The lowest BCUT2D eigenvalue weighted by atomic mass is 9.93. The van der Waals surface area contributed by atoms with Crippen molar-refractivity contribution in [2.24, 2.45) is 0 Å². The zero-order valence-corrected chi connectivity index (χ0v) is 9.58. The van der Waals surface area contributed by atoms with Crippen molar-refractivity contribution in [3.05, 3.63) is 29.3 Å². The van der Waals surface area contributed by atoms with Gasteiger partial charge < -0.3 is 4.90 Å². The number of amides is 1. The number of benzene rings is 1. The van der Waals surface area contributed by atoms with Gasteiger partial charge in [0.05, 0.1) is 0 Å². The fourth-order valence-corrected chi connectivity index (χ4v) is 1.46. The molecule has 0 atom stereocenters. The van der Waals surface area contributed by atoms with Crippen LogP contribution in [0, 0.1) is 0 Å². The van der Waals surface area contributed by atoms with Gasteiger partial charge in [0.1, 0.15) is 7.85 Å². The maximum absolute atomic E-state index is 11.4. The van der Waals surface area contributed by atoms with Gasteiger partial charge in [-0.1, -0.05) is 43.9 Å². The lowest BCUT2D eigenvalue weighted by molar-refractivity contribution is 0.0816. The molecule has 78 valence electrons. The molecule has 0 N–H and O–H groups in total. The van der Waals surface area contributed by atoms with Crippen molar-refractivity contribution in [2.45, 2.75) is 26.8 Å². The van der Waals surface area contributed by atoms with E-state index in [0.29, 0.717) is 12.0 Å². The molecule has 2 radical (unpaired) electrons. The zero-order valence-electron chi connectivity index (χ0n) is 9.58. The van der Waals surface area contributed by atoms with Gasteiger partial charge in [0, 0.05) is 19.2 Å². The lowest BCUT2D eigenvalue weighted by Gasteiger charge is -2.04. The molecule has 0 aromatic heterocycles. The number of rotatable bonds is 0. The summed E-state index contributed by atoms with van der Waals surface area (Å²) < 4.78 is 0. The van der Waals surface area contributed by atoms with Crippen LogP contribution in [0.3, 0.4) is 0 Å². The standard InChI is InChI=1S/C9H8BNO.C3H8/c1-11-5-6-2-3-7(10)4-8(6)9(11)12;1-3-2/h2-4H,5H2,1H3;3H2,1-2H3. The summed E-state index contributed by atoms with van der Waals surface area (Å²) in [7, 11) is 7.36.